The van der Waals surface area contributed by atoms with Gasteiger partial charge in [-0.25, -0.2) is 4.79 Å². The highest BCUT2D eigenvalue weighted by Gasteiger charge is 2.06. The van der Waals surface area contributed by atoms with Crippen molar-refractivity contribution in [2.75, 3.05) is 5.75 Å². The molecule has 1 aromatic carbocycles. The number of rotatable bonds is 4. The van der Waals surface area contributed by atoms with Gasteiger partial charge in [0.1, 0.15) is 0 Å². The number of aromatic nitrogens is 3. The normalized spacial score (nSPS) is 10.9. The van der Waals surface area contributed by atoms with Crippen LogP contribution in [0.15, 0.2) is 63.3 Å². The first kappa shape index (κ1) is 13.6. The molecule has 106 valence electrons. The number of thioether (sulfide) groups is 1. The molecule has 0 saturated heterocycles. The van der Waals surface area contributed by atoms with Crippen LogP contribution < -0.4 is 11.2 Å². The van der Waals surface area contributed by atoms with Crippen molar-refractivity contribution in [1.29, 1.82) is 0 Å². The lowest BCUT2D eigenvalue weighted by Gasteiger charge is -2.06. The van der Waals surface area contributed by atoms with Crippen molar-refractivity contribution < 1.29 is 0 Å². The first-order valence-electron chi connectivity index (χ1n) is 6.50. The minimum atomic E-state index is -0.367. The second-order valence-electron chi connectivity index (χ2n) is 4.46. The van der Waals surface area contributed by atoms with Crippen LogP contribution in [0, 0.1) is 0 Å². The van der Waals surface area contributed by atoms with Gasteiger partial charge in [0.05, 0.1) is 10.9 Å². The van der Waals surface area contributed by atoms with Crippen LogP contribution in [0.1, 0.15) is 0 Å². The number of fused-ring (bicyclic) bond motifs is 1. The Kier molecular flexibility index (Phi) is 3.87. The fourth-order valence-electron chi connectivity index (χ4n) is 2.09. The number of H-pyrrole nitrogens is 1. The average molecular weight is 299 g/mol. The highest BCUT2D eigenvalue weighted by molar-refractivity contribution is 7.99. The minimum Gasteiger partial charge on any atom is -0.307 e. The Morgan fingerprint density at radius 1 is 1.10 bits per heavy atom. The van der Waals surface area contributed by atoms with E-state index in [1.807, 2.05) is 12.1 Å². The number of nitrogens with one attached hydrogen (secondary N) is 1. The van der Waals surface area contributed by atoms with E-state index in [-0.39, 0.29) is 11.2 Å². The lowest BCUT2D eigenvalue weighted by atomic mass is 10.2. The molecule has 3 aromatic rings. The van der Waals surface area contributed by atoms with Gasteiger partial charge in [-0.1, -0.05) is 12.1 Å². The predicted molar refractivity (Wildman–Crippen MR) is 83.8 cm³/mol. The lowest BCUT2D eigenvalue weighted by Crippen LogP contribution is -2.35. The van der Waals surface area contributed by atoms with Crippen LogP contribution in [0.2, 0.25) is 0 Å². The molecule has 0 radical (unpaired) electrons. The van der Waals surface area contributed by atoms with Gasteiger partial charge in [0, 0.05) is 29.6 Å². The number of pyridine rings is 1. The molecule has 0 saturated carbocycles. The van der Waals surface area contributed by atoms with E-state index in [0.29, 0.717) is 23.2 Å². The summed E-state index contributed by atoms with van der Waals surface area (Å²) < 4.78 is 1.25. The molecular formula is C15H13N3O2S. The van der Waals surface area contributed by atoms with E-state index < -0.39 is 0 Å². The third-order valence-corrected chi connectivity index (χ3v) is 4.11. The Morgan fingerprint density at radius 2 is 1.86 bits per heavy atom. The van der Waals surface area contributed by atoms with Gasteiger partial charge >= 0.3 is 5.69 Å². The van der Waals surface area contributed by atoms with Gasteiger partial charge in [0.2, 0.25) is 0 Å². The topological polar surface area (TPSA) is 67.8 Å². The Labute approximate surface area is 124 Å². The van der Waals surface area contributed by atoms with Crippen molar-refractivity contribution in [2.45, 2.75) is 11.4 Å². The number of aromatic amines is 1. The Balaban J connectivity index is 1.84. The van der Waals surface area contributed by atoms with Gasteiger partial charge in [-0.15, -0.1) is 11.8 Å². The Bertz CT molecular complexity index is 871. The molecule has 0 unspecified atom stereocenters. The van der Waals surface area contributed by atoms with Gasteiger partial charge in [-0.2, -0.15) is 0 Å². The molecule has 0 atom stereocenters. The number of para-hydroxylation sites is 1. The van der Waals surface area contributed by atoms with E-state index in [1.54, 1.807) is 48.4 Å². The molecule has 2 aromatic heterocycles. The van der Waals surface area contributed by atoms with Crippen LogP contribution >= 0.6 is 11.8 Å². The Morgan fingerprint density at radius 3 is 2.67 bits per heavy atom. The van der Waals surface area contributed by atoms with Crippen LogP contribution in [0.5, 0.6) is 0 Å². The SMILES string of the molecule is O=c1[nH]c2ccccc2c(=O)n1CCSc1ccncc1. The fraction of sp³-hybridized carbons (Fsp3) is 0.133. The van der Waals surface area contributed by atoms with Crippen molar-refractivity contribution in [3.8, 4) is 0 Å². The van der Waals surface area contributed by atoms with E-state index in [9.17, 15) is 9.59 Å². The van der Waals surface area contributed by atoms with Crippen molar-refractivity contribution in [1.82, 2.24) is 14.5 Å². The summed E-state index contributed by atoms with van der Waals surface area (Å²) >= 11 is 1.59. The first-order chi connectivity index (χ1) is 10.3. The standard InChI is InChI=1S/C15H13N3O2S/c19-14-12-3-1-2-4-13(12)17-15(20)18(14)9-10-21-11-5-7-16-8-6-11/h1-8H,9-10H2,(H,17,20). The largest absolute Gasteiger partial charge is 0.328 e. The summed E-state index contributed by atoms with van der Waals surface area (Å²) in [6.45, 7) is 0.367. The quantitative estimate of drug-likeness (QED) is 0.747. The average Bonchev–Trinajstić information content (AvgIpc) is 2.51. The molecule has 0 bridgehead atoms. The fourth-order valence-corrected chi connectivity index (χ4v) is 2.91. The van der Waals surface area contributed by atoms with Crippen molar-refractivity contribution in [2.24, 2.45) is 0 Å². The predicted octanol–water partition coefficient (Wildman–Crippen LogP) is 1.88. The molecule has 0 spiro atoms. The van der Waals surface area contributed by atoms with E-state index in [1.165, 1.54) is 4.57 Å². The third-order valence-electron chi connectivity index (χ3n) is 3.12. The zero-order chi connectivity index (χ0) is 14.7. The van der Waals surface area contributed by atoms with Crippen LogP contribution in [0.25, 0.3) is 10.9 Å². The van der Waals surface area contributed by atoms with Crippen molar-refractivity contribution >= 4 is 22.7 Å². The molecule has 0 amide bonds. The number of benzene rings is 1. The van der Waals surface area contributed by atoms with Crippen LogP contribution in [-0.2, 0) is 6.54 Å². The molecule has 3 rings (SSSR count). The van der Waals surface area contributed by atoms with Crippen molar-refractivity contribution in [3.63, 3.8) is 0 Å². The second kappa shape index (κ2) is 5.97. The highest BCUT2D eigenvalue weighted by atomic mass is 32.2. The first-order valence-corrected chi connectivity index (χ1v) is 7.49. The van der Waals surface area contributed by atoms with Crippen molar-refractivity contribution in [3.05, 3.63) is 69.6 Å². The summed E-state index contributed by atoms with van der Waals surface area (Å²) in [5, 5.41) is 0.533. The van der Waals surface area contributed by atoms with E-state index in [2.05, 4.69) is 9.97 Å². The van der Waals surface area contributed by atoms with E-state index in [4.69, 9.17) is 0 Å². The second-order valence-corrected chi connectivity index (χ2v) is 5.63. The van der Waals surface area contributed by atoms with Gasteiger partial charge in [-0.05, 0) is 24.3 Å². The van der Waals surface area contributed by atoms with Crippen LogP contribution in [0.4, 0.5) is 0 Å². The summed E-state index contributed by atoms with van der Waals surface area (Å²) in [5.41, 5.74) is -0.0377. The summed E-state index contributed by atoms with van der Waals surface area (Å²) in [6.07, 6.45) is 3.44. The maximum absolute atomic E-state index is 12.3. The maximum atomic E-state index is 12.3. The summed E-state index contributed by atoms with van der Waals surface area (Å²) in [5.74, 6) is 0.644. The number of hydrogen-bond acceptors (Lipinski definition) is 4. The molecule has 6 heteroatoms. The molecule has 21 heavy (non-hydrogen) atoms. The smallest absolute Gasteiger partial charge is 0.307 e. The summed E-state index contributed by atoms with van der Waals surface area (Å²) in [4.78, 5) is 32.1. The van der Waals surface area contributed by atoms with Crippen LogP contribution in [0.3, 0.4) is 0 Å². The van der Waals surface area contributed by atoms with Gasteiger partial charge < -0.3 is 4.98 Å². The molecule has 0 aliphatic heterocycles. The molecule has 0 aliphatic carbocycles. The molecule has 2 heterocycles. The lowest BCUT2D eigenvalue weighted by molar-refractivity contribution is 0.691. The van der Waals surface area contributed by atoms with Crippen LogP contribution in [-0.4, -0.2) is 20.3 Å². The molecule has 0 fully saturated rings. The zero-order valence-electron chi connectivity index (χ0n) is 11.2. The third kappa shape index (κ3) is 2.90. The maximum Gasteiger partial charge on any atom is 0.328 e. The van der Waals surface area contributed by atoms with Gasteiger partial charge in [-0.3, -0.25) is 14.3 Å². The summed E-state index contributed by atoms with van der Waals surface area (Å²) in [7, 11) is 0. The monoisotopic (exact) mass is 299 g/mol. The highest BCUT2D eigenvalue weighted by Crippen LogP contribution is 2.15. The molecule has 1 N–H and O–H groups in total. The summed E-state index contributed by atoms with van der Waals surface area (Å²) in [6, 6.07) is 10.8. The zero-order valence-corrected chi connectivity index (χ0v) is 12.0. The van der Waals surface area contributed by atoms with E-state index in [0.717, 1.165) is 4.90 Å². The Hall–Kier alpha value is -2.34. The minimum absolute atomic E-state index is 0.246. The van der Waals surface area contributed by atoms with Gasteiger partial charge in [0.15, 0.2) is 0 Å². The number of nitrogens with zero attached hydrogens (tertiary/aromatic N) is 2. The molecular weight excluding hydrogens is 286 g/mol. The molecule has 5 nitrogen and oxygen atoms in total. The van der Waals surface area contributed by atoms with E-state index >= 15 is 0 Å². The van der Waals surface area contributed by atoms with Gasteiger partial charge in [0.25, 0.3) is 5.56 Å². The molecule has 0 aliphatic rings. The number of hydrogen-bond donors (Lipinski definition) is 1.